The Morgan fingerprint density at radius 1 is 1.05 bits per heavy atom. The molecule has 38 heavy (non-hydrogen) atoms. The Hall–Kier alpha value is -3.25. The molecule has 2 amide bonds. The number of halogens is 1. The fourth-order valence-corrected chi connectivity index (χ4v) is 7.22. The van der Waals surface area contributed by atoms with Crippen LogP contribution in [-0.4, -0.2) is 73.1 Å². The van der Waals surface area contributed by atoms with Gasteiger partial charge in [0.05, 0.1) is 12.1 Å². The fourth-order valence-electron chi connectivity index (χ4n) is 4.88. The average molecular weight is 557 g/mol. The van der Waals surface area contributed by atoms with Gasteiger partial charge in [-0.2, -0.15) is 9.40 Å². The molecule has 3 unspecified atom stereocenters. The van der Waals surface area contributed by atoms with Crippen LogP contribution in [0.15, 0.2) is 66.9 Å². The number of aromatic nitrogens is 2. The Morgan fingerprint density at radius 2 is 1.84 bits per heavy atom. The number of benzene rings is 2. The molecule has 0 aliphatic carbocycles. The monoisotopic (exact) mass is 556 g/mol. The summed E-state index contributed by atoms with van der Waals surface area (Å²) in [7, 11) is -1.81. The molecule has 5 rings (SSSR count). The van der Waals surface area contributed by atoms with Crippen LogP contribution in [-0.2, 0) is 10.0 Å². The summed E-state index contributed by atoms with van der Waals surface area (Å²) in [6, 6.07) is 16.3. The highest BCUT2D eigenvalue weighted by atomic mass is 35.5. The predicted octanol–water partition coefficient (Wildman–Crippen LogP) is 3.35. The van der Waals surface area contributed by atoms with Gasteiger partial charge in [0.1, 0.15) is 11.0 Å². The molecule has 2 N–H and O–H groups in total. The summed E-state index contributed by atoms with van der Waals surface area (Å²) >= 11 is 6.53. The van der Waals surface area contributed by atoms with Gasteiger partial charge in [0.25, 0.3) is 0 Å². The van der Waals surface area contributed by atoms with E-state index in [-0.39, 0.29) is 12.5 Å². The SMILES string of the molecule is CN1CCN(S(=O)(=O)C(CC2NC(=O)NC2c2cccc(Oc3cccnn3)c2)c2ccccc2Cl)CC1. The molecule has 2 fully saturated rings. The first-order chi connectivity index (χ1) is 18.3. The second kappa shape index (κ2) is 11.2. The molecular formula is C26H29ClN6O4S. The highest BCUT2D eigenvalue weighted by Crippen LogP contribution is 2.38. The maximum absolute atomic E-state index is 14.0. The first kappa shape index (κ1) is 26.4. The minimum atomic E-state index is -3.78. The molecule has 0 bridgehead atoms. The number of rotatable bonds is 8. The maximum Gasteiger partial charge on any atom is 0.315 e. The molecule has 200 valence electrons. The number of nitrogens with zero attached hydrogens (tertiary/aromatic N) is 4. The first-order valence-corrected chi connectivity index (χ1v) is 14.2. The van der Waals surface area contributed by atoms with E-state index in [1.165, 1.54) is 4.31 Å². The Balaban J connectivity index is 1.44. The lowest BCUT2D eigenvalue weighted by atomic mass is 9.95. The standard InChI is InChI=1S/C26H29ClN6O4S/c1-32-12-14-33(15-13-32)38(35,36)23(20-8-2-3-9-21(20)27)17-22-25(30-26(34)29-22)18-6-4-7-19(16-18)37-24-10-5-11-28-31-24/h2-11,16,22-23,25H,12-15,17H2,1H3,(H2,29,30,34). The summed E-state index contributed by atoms with van der Waals surface area (Å²) in [6.07, 6.45) is 1.69. The topological polar surface area (TPSA) is 117 Å². The number of hydrogen-bond donors (Lipinski definition) is 2. The molecule has 2 aromatic carbocycles. The molecule has 3 aromatic rings. The van der Waals surface area contributed by atoms with Crippen molar-refractivity contribution in [3.63, 3.8) is 0 Å². The van der Waals surface area contributed by atoms with Gasteiger partial charge in [0.15, 0.2) is 0 Å². The van der Waals surface area contributed by atoms with Crippen LogP contribution in [0.5, 0.6) is 11.6 Å². The Labute approximate surface area is 227 Å². The molecule has 0 radical (unpaired) electrons. The van der Waals surface area contributed by atoms with Crippen LogP contribution in [0.2, 0.25) is 5.02 Å². The zero-order valence-electron chi connectivity index (χ0n) is 20.8. The van der Waals surface area contributed by atoms with E-state index < -0.39 is 27.4 Å². The zero-order valence-corrected chi connectivity index (χ0v) is 22.4. The molecular weight excluding hydrogens is 528 g/mol. The molecule has 3 heterocycles. The van der Waals surface area contributed by atoms with Gasteiger partial charge in [-0.25, -0.2) is 13.2 Å². The van der Waals surface area contributed by atoms with Crippen molar-refractivity contribution >= 4 is 27.7 Å². The van der Waals surface area contributed by atoms with Crippen molar-refractivity contribution in [2.75, 3.05) is 33.2 Å². The fraction of sp³-hybridized carbons (Fsp3) is 0.346. The van der Waals surface area contributed by atoms with E-state index in [1.54, 1.807) is 54.7 Å². The highest BCUT2D eigenvalue weighted by Gasteiger charge is 2.42. The number of ether oxygens (including phenoxy) is 1. The third-order valence-electron chi connectivity index (χ3n) is 6.89. The molecule has 2 saturated heterocycles. The molecule has 12 heteroatoms. The third kappa shape index (κ3) is 5.75. The lowest BCUT2D eigenvalue weighted by Gasteiger charge is -2.35. The third-order valence-corrected chi connectivity index (χ3v) is 9.49. The van der Waals surface area contributed by atoms with Crippen molar-refractivity contribution in [3.8, 4) is 11.6 Å². The summed E-state index contributed by atoms with van der Waals surface area (Å²) in [4.78, 5) is 14.6. The van der Waals surface area contributed by atoms with Crippen LogP contribution in [0, 0.1) is 0 Å². The van der Waals surface area contributed by atoms with Crippen molar-refractivity contribution in [2.24, 2.45) is 0 Å². The number of amides is 2. The molecule has 1 aromatic heterocycles. The van der Waals surface area contributed by atoms with Gasteiger partial charge < -0.3 is 20.3 Å². The predicted molar refractivity (Wildman–Crippen MR) is 144 cm³/mol. The Morgan fingerprint density at radius 3 is 2.58 bits per heavy atom. The Bertz CT molecular complexity index is 1390. The van der Waals surface area contributed by atoms with Crippen LogP contribution in [0.3, 0.4) is 0 Å². The van der Waals surface area contributed by atoms with Crippen molar-refractivity contribution in [2.45, 2.75) is 23.8 Å². The normalized spacial score (nSPS) is 21.5. The van der Waals surface area contributed by atoms with Crippen LogP contribution >= 0.6 is 11.6 Å². The van der Waals surface area contributed by atoms with E-state index in [0.717, 1.165) is 5.56 Å². The quantitative estimate of drug-likeness (QED) is 0.437. The summed E-state index contributed by atoms with van der Waals surface area (Å²) in [6.45, 7) is 2.11. The van der Waals surface area contributed by atoms with Gasteiger partial charge in [0.2, 0.25) is 15.9 Å². The van der Waals surface area contributed by atoms with Crippen molar-refractivity contribution in [1.82, 2.24) is 30.0 Å². The van der Waals surface area contributed by atoms with Gasteiger partial charge in [-0.3, -0.25) is 0 Å². The van der Waals surface area contributed by atoms with Crippen LogP contribution < -0.4 is 15.4 Å². The van der Waals surface area contributed by atoms with Gasteiger partial charge in [-0.15, -0.1) is 5.10 Å². The van der Waals surface area contributed by atoms with E-state index in [0.29, 0.717) is 48.4 Å². The minimum absolute atomic E-state index is 0.136. The van der Waals surface area contributed by atoms with Crippen LogP contribution in [0.1, 0.15) is 28.8 Å². The first-order valence-electron chi connectivity index (χ1n) is 12.4. The van der Waals surface area contributed by atoms with Gasteiger partial charge >= 0.3 is 6.03 Å². The van der Waals surface area contributed by atoms with Crippen LogP contribution in [0.25, 0.3) is 0 Å². The number of likely N-dealkylation sites (N-methyl/N-ethyl adjacent to an activating group) is 1. The van der Waals surface area contributed by atoms with E-state index >= 15 is 0 Å². The summed E-state index contributed by atoms with van der Waals surface area (Å²) in [5, 5.41) is 13.1. The number of nitrogens with one attached hydrogen (secondary N) is 2. The van der Waals surface area contributed by atoms with Crippen molar-refractivity contribution in [1.29, 1.82) is 0 Å². The van der Waals surface area contributed by atoms with Gasteiger partial charge in [0, 0.05) is 43.5 Å². The van der Waals surface area contributed by atoms with Crippen LogP contribution in [0.4, 0.5) is 4.79 Å². The maximum atomic E-state index is 14.0. The Kier molecular flexibility index (Phi) is 7.80. The van der Waals surface area contributed by atoms with Gasteiger partial charge in [-0.1, -0.05) is 41.9 Å². The lowest BCUT2D eigenvalue weighted by Crippen LogP contribution is -2.49. The lowest BCUT2D eigenvalue weighted by molar-refractivity contribution is 0.220. The number of urea groups is 1. The van der Waals surface area contributed by atoms with Gasteiger partial charge in [-0.05, 0) is 48.9 Å². The summed E-state index contributed by atoms with van der Waals surface area (Å²) in [5.41, 5.74) is 1.29. The highest BCUT2D eigenvalue weighted by molar-refractivity contribution is 7.89. The minimum Gasteiger partial charge on any atom is -0.438 e. The van der Waals surface area contributed by atoms with Crippen molar-refractivity contribution in [3.05, 3.63) is 83.0 Å². The number of hydrogen-bond acceptors (Lipinski definition) is 7. The number of carbonyl (C=O) groups is 1. The molecule has 3 atom stereocenters. The number of piperazine rings is 1. The largest absolute Gasteiger partial charge is 0.438 e. The van der Waals surface area contributed by atoms with E-state index in [9.17, 15) is 13.2 Å². The second-order valence-corrected chi connectivity index (χ2v) is 12.0. The summed E-state index contributed by atoms with van der Waals surface area (Å²) < 4.78 is 35.4. The smallest absolute Gasteiger partial charge is 0.315 e. The van der Waals surface area contributed by atoms with Crippen molar-refractivity contribution < 1.29 is 17.9 Å². The second-order valence-electron chi connectivity index (χ2n) is 9.43. The van der Waals surface area contributed by atoms with E-state index in [4.69, 9.17) is 16.3 Å². The molecule has 0 saturated carbocycles. The zero-order chi connectivity index (χ0) is 26.7. The van der Waals surface area contributed by atoms with E-state index in [1.807, 2.05) is 19.2 Å². The molecule has 2 aliphatic rings. The molecule has 0 spiro atoms. The van der Waals surface area contributed by atoms with E-state index in [2.05, 4.69) is 25.7 Å². The molecule has 10 nitrogen and oxygen atoms in total. The summed E-state index contributed by atoms with van der Waals surface area (Å²) in [5.74, 6) is 0.863. The molecule has 2 aliphatic heterocycles. The average Bonchev–Trinajstić information content (AvgIpc) is 3.29. The number of sulfonamides is 1. The number of carbonyl (C=O) groups excluding carboxylic acids is 1.